The van der Waals surface area contributed by atoms with Gasteiger partial charge in [-0.15, -0.1) is 0 Å². The van der Waals surface area contributed by atoms with E-state index < -0.39 is 10.0 Å². The van der Waals surface area contributed by atoms with Gasteiger partial charge in [0.25, 0.3) is 0 Å². The SMILES string of the molecule is CCN(CC)CCCNS(=O)(=O)c1ccc(CNC(C)=O)cc1. The van der Waals surface area contributed by atoms with Gasteiger partial charge >= 0.3 is 0 Å². The molecule has 0 aliphatic heterocycles. The summed E-state index contributed by atoms with van der Waals surface area (Å²) in [6.45, 7) is 9.27. The number of carbonyl (C=O) groups is 1. The third-order valence-corrected chi connectivity index (χ3v) is 5.09. The lowest BCUT2D eigenvalue weighted by Gasteiger charge is -2.17. The maximum Gasteiger partial charge on any atom is 0.240 e. The van der Waals surface area contributed by atoms with E-state index in [0.29, 0.717) is 13.1 Å². The molecule has 1 amide bonds. The largest absolute Gasteiger partial charge is 0.352 e. The van der Waals surface area contributed by atoms with E-state index in [9.17, 15) is 13.2 Å². The van der Waals surface area contributed by atoms with Gasteiger partial charge in [0.05, 0.1) is 4.90 Å². The molecule has 0 aromatic heterocycles. The van der Waals surface area contributed by atoms with E-state index in [1.54, 1.807) is 24.3 Å². The Balaban J connectivity index is 2.51. The quantitative estimate of drug-likeness (QED) is 0.630. The lowest BCUT2D eigenvalue weighted by atomic mass is 10.2. The van der Waals surface area contributed by atoms with Crippen LogP contribution in [0.5, 0.6) is 0 Å². The fourth-order valence-corrected chi connectivity index (χ4v) is 3.22. The lowest BCUT2D eigenvalue weighted by molar-refractivity contribution is -0.119. The number of hydrogen-bond acceptors (Lipinski definition) is 4. The van der Waals surface area contributed by atoms with Crippen molar-refractivity contribution >= 4 is 15.9 Å². The number of sulfonamides is 1. The highest BCUT2D eigenvalue weighted by Gasteiger charge is 2.13. The molecular formula is C16H27N3O3S. The first kappa shape index (κ1) is 19.6. The van der Waals surface area contributed by atoms with Gasteiger partial charge in [-0.05, 0) is 43.8 Å². The Morgan fingerprint density at radius 1 is 1.13 bits per heavy atom. The molecule has 7 heteroatoms. The molecule has 0 radical (unpaired) electrons. The molecule has 0 aliphatic carbocycles. The van der Waals surface area contributed by atoms with Crippen LogP contribution in [-0.4, -0.2) is 45.4 Å². The summed E-state index contributed by atoms with van der Waals surface area (Å²) in [5.41, 5.74) is 0.862. The second-order valence-corrected chi connectivity index (χ2v) is 7.10. The molecule has 1 aromatic rings. The van der Waals surface area contributed by atoms with Gasteiger partial charge in [-0.3, -0.25) is 4.79 Å². The molecule has 6 nitrogen and oxygen atoms in total. The van der Waals surface area contributed by atoms with Gasteiger partial charge in [-0.1, -0.05) is 26.0 Å². The Morgan fingerprint density at radius 2 is 1.74 bits per heavy atom. The van der Waals surface area contributed by atoms with Crippen LogP contribution in [0.4, 0.5) is 0 Å². The maximum atomic E-state index is 12.2. The highest BCUT2D eigenvalue weighted by molar-refractivity contribution is 7.89. The van der Waals surface area contributed by atoms with Gasteiger partial charge in [0.1, 0.15) is 0 Å². The topological polar surface area (TPSA) is 78.5 Å². The zero-order chi connectivity index (χ0) is 17.3. The third-order valence-electron chi connectivity index (χ3n) is 3.61. The summed E-state index contributed by atoms with van der Waals surface area (Å²) < 4.78 is 27.0. The predicted molar refractivity (Wildman–Crippen MR) is 91.6 cm³/mol. The third kappa shape index (κ3) is 7.11. The molecule has 0 saturated heterocycles. The van der Waals surface area contributed by atoms with Crippen LogP contribution >= 0.6 is 0 Å². The maximum absolute atomic E-state index is 12.2. The van der Waals surface area contributed by atoms with E-state index in [1.807, 2.05) is 0 Å². The molecule has 1 rings (SSSR count). The van der Waals surface area contributed by atoms with Gasteiger partial charge in [0.2, 0.25) is 15.9 Å². The van der Waals surface area contributed by atoms with Crippen molar-refractivity contribution in [3.63, 3.8) is 0 Å². The van der Waals surface area contributed by atoms with E-state index in [2.05, 4.69) is 28.8 Å². The molecule has 0 spiro atoms. The zero-order valence-electron chi connectivity index (χ0n) is 14.1. The number of rotatable bonds is 10. The minimum Gasteiger partial charge on any atom is -0.352 e. The first-order valence-electron chi connectivity index (χ1n) is 7.94. The second kappa shape index (κ2) is 9.64. The summed E-state index contributed by atoms with van der Waals surface area (Å²) in [6.07, 6.45) is 0.779. The molecule has 0 aliphatic rings. The predicted octanol–water partition coefficient (Wildman–Crippen LogP) is 1.33. The van der Waals surface area contributed by atoms with Crippen molar-refractivity contribution in [1.82, 2.24) is 14.9 Å². The van der Waals surface area contributed by atoms with Crippen molar-refractivity contribution < 1.29 is 13.2 Å². The smallest absolute Gasteiger partial charge is 0.240 e. The van der Waals surface area contributed by atoms with E-state index >= 15 is 0 Å². The van der Waals surface area contributed by atoms with Gasteiger partial charge in [0.15, 0.2) is 0 Å². The fraction of sp³-hybridized carbons (Fsp3) is 0.562. The number of nitrogens with one attached hydrogen (secondary N) is 2. The van der Waals surface area contributed by atoms with Gasteiger partial charge < -0.3 is 10.2 Å². The van der Waals surface area contributed by atoms with Crippen LogP contribution in [0.15, 0.2) is 29.2 Å². The van der Waals surface area contributed by atoms with Crippen LogP contribution < -0.4 is 10.0 Å². The van der Waals surface area contributed by atoms with E-state index in [-0.39, 0.29) is 10.8 Å². The second-order valence-electron chi connectivity index (χ2n) is 5.33. The van der Waals surface area contributed by atoms with Crippen LogP contribution in [0.3, 0.4) is 0 Å². The highest BCUT2D eigenvalue weighted by atomic mass is 32.2. The number of amides is 1. The van der Waals surface area contributed by atoms with Crippen molar-refractivity contribution in [2.45, 2.75) is 38.6 Å². The minimum atomic E-state index is -3.48. The monoisotopic (exact) mass is 341 g/mol. The summed E-state index contributed by atoms with van der Waals surface area (Å²) >= 11 is 0. The Bertz CT molecular complexity index is 581. The van der Waals surface area contributed by atoms with Crippen molar-refractivity contribution in [3.05, 3.63) is 29.8 Å². The van der Waals surface area contributed by atoms with E-state index in [4.69, 9.17) is 0 Å². The Kier molecular flexibility index (Phi) is 8.22. The average Bonchev–Trinajstić information content (AvgIpc) is 2.53. The number of hydrogen-bond donors (Lipinski definition) is 2. The summed E-state index contributed by atoms with van der Waals surface area (Å²) in [7, 11) is -3.48. The standard InChI is InChI=1S/C16H27N3O3S/c1-4-19(5-2)12-6-11-18-23(21,22)16-9-7-15(8-10-16)13-17-14(3)20/h7-10,18H,4-6,11-13H2,1-3H3,(H,17,20). The number of carbonyl (C=O) groups excluding carboxylic acids is 1. The Labute approximate surface area is 139 Å². The molecule has 0 bridgehead atoms. The molecule has 130 valence electrons. The number of benzene rings is 1. The number of nitrogens with zero attached hydrogens (tertiary/aromatic N) is 1. The molecule has 0 heterocycles. The summed E-state index contributed by atoms with van der Waals surface area (Å²) in [5, 5.41) is 2.67. The first-order chi connectivity index (χ1) is 10.9. The van der Waals surface area contributed by atoms with Crippen LogP contribution in [0.25, 0.3) is 0 Å². The summed E-state index contributed by atoms with van der Waals surface area (Å²) in [5.74, 6) is -0.114. The van der Waals surface area contributed by atoms with E-state index in [1.165, 1.54) is 6.92 Å². The molecule has 0 saturated carbocycles. The van der Waals surface area contributed by atoms with Crippen LogP contribution in [0.1, 0.15) is 32.8 Å². The van der Waals surface area contributed by atoms with E-state index in [0.717, 1.165) is 31.6 Å². The Hall–Kier alpha value is -1.44. The van der Waals surface area contributed by atoms with Gasteiger partial charge in [-0.25, -0.2) is 13.1 Å². The normalized spacial score (nSPS) is 11.7. The van der Waals surface area contributed by atoms with Gasteiger partial charge in [-0.2, -0.15) is 0 Å². The van der Waals surface area contributed by atoms with Crippen molar-refractivity contribution in [1.29, 1.82) is 0 Å². The van der Waals surface area contributed by atoms with Crippen molar-refractivity contribution in [2.75, 3.05) is 26.2 Å². The zero-order valence-corrected chi connectivity index (χ0v) is 14.9. The van der Waals surface area contributed by atoms with Crippen LogP contribution in [-0.2, 0) is 21.4 Å². The summed E-state index contributed by atoms with van der Waals surface area (Å²) in [4.78, 5) is 13.4. The Morgan fingerprint density at radius 3 is 2.26 bits per heavy atom. The van der Waals surface area contributed by atoms with Crippen molar-refractivity contribution in [2.24, 2.45) is 0 Å². The average molecular weight is 341 g/mol. The highest BCUT2D eigenvalue weighted by Crippen LogP contribution is 2.10. The molecule has 1 aromatic carbocycles. The molecule has 23 heavy (non-hydrogen) atoms. The molecule has 0 unspecified atom stereocenters. The molecular weight excluding hydrogens is 314 g/mol. The van der Waals surface area contributed by atoms with Crippen LogP contribution in [0.2, 0.25) is 0 Å². The fourth-order valence-electron chi connectivity index (χ4n) is 2.15. The molecule has 0 fully saturated rings. The van der Waals surface area contributed by atoms with Crippen molar-refractivity contribution in [3.8, 4) is 0 Å². The lowest BCUT2D eigenvalue weighted by Crippen LogP contribution is -2.30. The first-order valence-corrected chi connectivity index (χ1v) is 9.42. The van der Waals surface area contributed by atoms with Gasteiger partial charge in [0, 0.05) is 20.0 Å². The molecule has 0 atom stereocenters. The summed E-state index contributed by atoms with van der Waals surface area (Å²) in [6, 6.07) is 6.54. The molecule has 2 N–H and O–H groups in total. The minimum absolute atomic E-state index is 0.114. The van der Waals surface area contributed by atoms with Crippen LogP contribution in [0, 0.1) is 0 Å².